The van der Waals surface area contributed by atoms with Crippen LogP contribution in [0.3, 0.4) is 0 Å². The van der Waals surface area contributed by atoms with Gasteiger partial charge in [-0.05, 0) is 63.2 Å². The first-order valence-electron chi connectivity index (χ1n) is 8.11. The lowest BCUT2D eigenvalue weighted by atomic mass is 9.81. The maximum absolute atomic E-state index is 2.54. The van der Waals surface area contributed by atoms with E-state index >= 15 is 0 Å². The monoisotopic (exact) mass is 248 g/mol. The molecule has 0 aromatic heterocycles. The minimum absolute atomic E-state index is 0.841. The van der Waals surface area contributed by atoms with Gasteiger partial charge in [-0.2, -0.15) is 0 Å². The molecule has 0 N–H and O–H groups in total. The molecule has 18 heavy (non-hydrogen) atoms. The van der Waals surface area contributed by atoms with E-state index in [9.17, 15) is 0 Å². The standard InChI is InChI=1S/C18H32/c1-4-7-16(8-5-2)10-13-18-14-11-17(9-6-3)12-15-18/h6,9-10,13,16-18H,4-5,7-8,11-12,14-15H2,1-3H3/b9-6+,13-10+. The molecule has 0 heterocycles. The maximum atomic E-state index is 2.54. The van der Waals surface area contributed by atoms with Crippen molar-refractivity contribution in [3.63, 3.8) is 0 Å². The summed E-state index contributed by atoms with van der Waals surface area (Å²) in [7, 11) is 0. The zero-order valence-electron chi connectivity index (χ0n) is 12.7. The minimum atomic E-state index is 0.841. The van der Waals surface area contributed by atoms with Gasteiger partial charge in [-0.1, -0.05) is 51.0 Å². The summed E-state index contributed by atoms with van der Waals surface area (Å²) >= 11 is 0. The molecule has 104 valence electrons. The Morgan fingerprint density at radius 1 is 0.889 bits per heavy atom. The Morgan fingerprint density at radius 3 is 1.83 bits per heavy atom. The molecule has 0 heteroatoms. The summed E-state index contributed by atoms with van der Waals surface area (Å²) in [5, 5.41) is 0. The SMILES string of the molecule is C/C=C/C1CCC(/C=C/C(CCC)CCC)CC1. The third-order valence-corrected chi connectivity index (χ3v) is 4.26. The summed E-state index contributed by atoms with van der Waals surface area (Å²) in [6, 6.07) is 0. The molecule has 0 aliphatic heterocycles. The summed E-state index contributed by atoms with van der Waals surface area (Å²) in [5.41, 5.74) is 0. The van der Waals surface area contributed by atoms with Gasteiger partial charge in [0.25, 0.3) is 0 Å². The highest BCUT2D eigenvalue weighted by Gasteiger charge is 2.17. The van der Waals surface area contributed by atoms with E-state index in [4.69, 9.17) is 0 Å². The Kier molecular flexibility index (Phi) is 8.13. The topological polar surface area (TPSA) is 0 Å². The molecule has 0 aromatic carbocycles. The molecule has 0 aromatic rings. The molecule has 0 amide bonds. The Balaban J connectivity index is 2.33. The van der Waals surface area contributed by atoms with E-state index in [-0.39, 0.29) is 0 Å². The first-order valence-corrected chi connectivity index (χ1v) is 8.11. The van der Waals surface area contributed by atoms with E-state index in [1.165, 1.54) is 51.4 Å². The van der Waals surface area contributed by atoms with Crippen LogP contribution in [0.15, 0.2) is 24.3 Å². The van der Waals surface area contributed by atoms with Crippen molar-refractivity contribution in [3.8, 4) is 0 Å². The fourth-order valence-corrected chi connectivity index (χ4v) is 3.19. The van der Waals surface area contributed by atoms with Crippen molar-refractivity contribution in [2.75, 3.05) is 0 Å². The van der Waals surface area contributed by atoms with Crippen molar-refractivity contribution in [1.29, 1.82) is 0 Å². The molecule has 1 saturated carbocycles. The van der Waals surface area contributed by atoms with Gasteiger partial charge < -0.3 is 0 Å². The summed E-state index contributed by atoms with van der Waals surface area (Å²) in [5.74, 6) is 2.57. The molecule has 0 atom stereocenters. The lowest BCUT2D eigenvalue weighted by molar-refractivity contribution is 0.354. The Labute approximate surface area is 115 Å². The zero-order valence-corrected chi connectivity index (χ0v) is 12.7. The van der Waals surface area contributed by atoms with E-state index in [1.54, 1.807) is 0 Å². The van der Waals surface area contributed by atoms with Gasteiger partial charge in [0, 0.05) is 0 Å². The second-order valence-electron chi connectivity index (χ2n) is 5.92. The van der Waals surface area contributed by atoms with Crippen molar-refractivity contribution in [3.05, 3.63) is 24.3 Å². The minimum Gasteiger partial charge on any atom is -0.0914 e. The van der Waals surface area contributed by atoms with Gasteiger partial charge in [0.2, 0.25) is 0 Å². The van der Waals surface area contributed by atoms with Gasteiger partial charge in [0.15, 0.2) is 0 Å². The largest absolute Gasteiger partial charge is 0.0914 e. The van der Waals surface area contributed by atoms with Crippen LogP contribution in [-0.4, -0.2) is 0 Å². The Hall–Kier alpha value is -0.520. The quantitative estimate of drug-likeness (QED) is 0.475. The molecule has 1 rings (SSSR count). The van der Waals surface area contributed by atoms with E-state index < -0.39 is 0 Å². The van der Waals surface area contributed by atoms with Gasteiger partial charge in [0.1, 0.15) is 0 Å². The molecule has 0 saturated heterocycles. The molecule has 1 aliphatic rings. The maximum Gasteiger partial charge on any atom is -0.0233 e. The molecular weight excluding hydrogens is 216 g/mol. The van der Waals surface area contributed by atoms with Crippen molar-refractivity contribution < 1.29 is 0 Å². The number of hydrogen-bond acceptors (Lipinski definition) is 0. The molecular formula is C18H32. The van der Waals surface area contributed by atoms with Gasteiger partial charge in [-0.15, -0.1) is 0 Å². The van der Waals surface area contributed by atoms with E-state index in [0.717, 1.165) is 17.8 Å². The van der Waals surface area contributed by atoms with Crippen molar-refractivity contribution in [1.82, 2.24) is 0 Å². The first kappa shape index (κ1) is 15.5. The second kappa shape index (κ2) is 9.42. The Morgan fingerprint density at radius 2 is 1.39 bits per heavy atom. The third kappa shape index (κ3) is 5.89. The average Bonchev–Trinajstić information content (AvgIpc) is 2.38. The summed E-state index contributed by atoms with van der Waals surface area (Å²) < 4.78 is 0. The van der Waals surface area contributed by atoms with Crippen LogP contribution in [0.1, 0.15) is 72.1 Å². The summed E-state index contributed by atoms with van der Waals surface area (Å²) in [6.07, 6.45) is 20.7. The first-order chi connectivity index (χ1) is 8.80. The molecule has 0 spiro atoms. The van der Waals surface area contributed by atoms with E-state index in [1.807, 2.05) is 0 Å². The van der Waals surface area contributed by atoms with E-state index in [0.29, 0.717) is 0 Å². The van der Waals surface area contributed by atoms with Gasteiger partial charge in [-0.3, -0.25) is 0 Å². The highest BCUT2D eigenvalue weighted by molar-refractivity contribution is 4.97. The predicted molar refractivity (Wildman–Crippen MR) is 82.7 cm³/mol. The molecule has 0 bridgehead atoms. The van der Waals surface area contributed by atoms with Crippen LogP contribution in [0, 0.1) is 17.8 Å². The lowest BCUT2D eigenvalue weighted by Gasteiger charge is -2.25. The van der Waals surface area contributed by atoms with Gasteiger partial charge in [-0.25, -0.2) is 0 Å². The highest BCUT2D eigenvalue weighted by atomic mass is 14.2. The highest BCUT2D eigenvalue weighted by Crippen LogP contribution is 2.31. The van der Waals surface area contributed by atoms with Crippen LogP contribution in [0.5, 0.6) is 0 Å². The number of hydrogen-bond donors (Lipinski definition) is 0. The van der Waals surface area contributed by atoms with Gasteiger partial charge >= 0.3 is 0 Å². The predicted octanol–water partition coefficient (Wildman–Crippen LogP) is 6.14. The lowest BCUT2D eigenvalue weighted by Crippen LogP contribution is -2.11. The fraction of sp³-hybridized carbons (Fsp3) is 0.778. The number of allylic oxidation sites excluding steroid dienone is 4. The van der Waals surface area contributed by atoms with Crippen LogP contribution >= 0.6 is 0 Å². The van der Waals surface area contributed by atoms with Crippen LogP contribution in [-0.2, 0) is 0 Å². The van der Waals surface area contributed by atoms with Crippen LogP contribution in [0.2, 0.25) is 0 Å². The smallest absolute Gasteiger partial charge is 0.0233 e. The molecule has 0 unspecified atom stereocenters. The fourth-order valence-electron chi connectivity index (χ4n) is 3.19. The molecule has 0 radical (unpaired) electrons. The normalized spacial score (nSPS) is 25.6. The zero-order chi connectivity index (χ0) is 13.2. The van der Waals surface area contributed by atoms with Crippen molar-refractivity contribution >= 4 is 0 Å². The van der Waals surface area contributed by atoms with Gasteiger partial charge in [0.05, 0.1) is 0 Å². The van der Waals surface area contributed by atoms with Crippen molar-refractivity contribution in [2.24, 2.45) is 17.8 Å². The molecule has 1 aliphatic carbocycles. The van der Waals surface area contributed by atoms with Crippen molar-refractivity contribution in [2.45, 2.75) is 72.1 Å². The van der Waals surface area contributed by atoms with E-state index in [2.05, 4.69) is 45.1 Å². The number of rotatable bonds is 7. The van der Waals surface area contributed by atoms with Crippen LogP contribution < -0.4 is 0 Å². The second-order valence-corrected chi connectivity index (χ2v) is 5.92. The third-order valence-electron chi connectivity index (χ3n) is 4.26. The van der Waals surface area contributed by atoms with Crippen LogP contribution in [0.25, 0.3) is 0 Å². The Bertz CT molecular complexity index is 235. The molecule has 1 fully saturated rings. The average molecular weight is 248 g/mol. The molecule has 0 nitrogen and oxygen atoms in total. The van der Waals surface area contributed by atoms with Crippen LogP contribution in [0.4, 0.5) is 0 Å². The summed E-state index contributed by atoms with van der Waals surface area (Å²) in [6.45, 7) is 6.75. The summed E-state index contributed by atoms with van der Waals surface area (Å²) in [4.78, 5) is 0.